The maximum Gasteiger partial charge on any atom is 0.338 e. The first-order valence-corrected chi connectivity index (χ1v) is 15.0. The van der Waals surface area contributed by atoms with E-state index in [0.29, 0.717) is 61.1 Å². The molecule has 1 aromatic heterocycles. The van der Waals surface area contributed by atoms with Crippen LogP contribution in [-0.2, 0) is 16.1 Å². The number of benzene rings is 3. The molecule has 11 nitrogen and oxygen atoms in total. The van der Waals surface area contributed by atoms with Crippen LogP contribution in [0.5, 0.6) is 17.2 Å². The number of carbonyl (C=O) groups is 1. The van der Waals surface area contributed by atoms with Gasteiger partial charge in [-0.1, -0.05) is 41.7 Å². The lowest BCUT2D eigenvalue weighted by molar-refractivity contribution is -0.385. The molecule has 4 aromatic rings. The lowest BCUT2D eigenvalue weighted by Crippen LogP contribution is -2.39. The molecule has 5 rings (SSSR count). The molecule has 12 heteroatoms. The van der Waals surface area contributed by atoms with Crippen LogP contribution in [0.1, 0.15) is 43.5 Å². The molecule has 0 saturated carbocycles. The normalized spacial score (nSPS) is 14.4. The number of thiazole rings is 1. The number of allylic oxidation sites excluding steroid dienone is 1. The predicted octanol–water partition coefficient (Wildman–Crippen LogP) is 4.69. The predicted molar refractivity (Wildman–Crippen MR) is 168 cm³/mol. The maximum atomic E-state index is 14.0. The molecule has 45 heavy (non-hydrogen) atoms. The summed E-state index contributed by atoms with van der Waals surface area (Å²) in [4.78, 5) is 43.1. The van der Waals surface area contributed by atoms with Crippen LogP contribution in [-0.4, -0.2) is 35.8 Å². The Morgan fingerprint density at radius 2 is 1.80 bits per heavy atom. The van der Waals surface area contributed by atoms with Crippen molar-refractivity contribution in [3.8, 4) is 17.2 Å². The Morgan fingerprint density at radius 1 is 1.04 bits per heavy atom. The number of carbonyl (C=O) groups excluding carboxylic acids is 1. The summed E-state index contributed by atoms with van der Waals surface area (Å²) in [6.45, 7) is 5.80. The summed E-state index contributed by atoms with van der Waals surface area (Å²) in [5, 5.41) is 11.4. The van der Waals surface area contributed by atoms with Crippen molar-refractivity contribution in [2.75, 3.05) is 20.3 Å². The number of hydrogen-bond acceptors (Lipinski definition) is 10. The molecular weight excluding hydrogens is 598 g/mol. The van der Waals surface area contributed by atoms with E-state index in [9.17, 15) is 19.7 Å². The van der Waals surface area contributed by atoms with Crippen molar-refractivity contribution in [3.05, 3.63) is 124 Å². The molecule has 0 spiro atoms. The molecule has 0 unspecified atom stereocenters. The van der Waals surface area contributed by atoms with Crippen LogP contribution in [0.15, 0.2) is 87.8 Å². The number of hydrogen-bond donors (Lipinski definition) is 0. The van der Waals surface area contributed by atoms with Gasteiger partial charge in [-0.25, -0.2) is 9.79 Å². The van der Waals surface area contributed by atoms with Gasteiger partial charge in [0.15, 0.2) is 16.3 Å². The van der Waals surface area contributed by atoms with Gasteiger partial charge in [-0.15, -0.1) is 0 Å². The molecule has 0 fully saturated rings. The van der Waals surface area contributed by atoms with Crippen LogP contribution in [0.4, 0.5) is 5.69 Å². The molecule has 0 N–H and O–H groups in total. The summed E-state index contributed by atoms with van der Waals surface area (Å²) < 4.78 is 24.3. The van der Waals surface area contributed by atoms with E-state index in [2.05, 4.69) is 4.99 Å². The zero-order chi connectivity index (χ0) is 32.1. The summed E-state index contributed by atoms with van der Waals surface area (Å²) in [6.07, 6.45) is 1.73. The Balaban J connectivity index is 1.54. The van der Waals surface area contributed by atoms with Crippen molar-refractivity contribution in [1.82, 2.24) is 4.57 Å². The zero-order valence-corrected chi connectivity index (χ0v) is 26.0. The van der Waals surface area contributed by atoms with E-state index in [1.165, 1.54) is 22.0 Å². The number of esters is 1. The van der Waals surface area contributed by atoms with Gasteiger partial charge >= 0.3 is 5.97 Å². The molecule has 3 aromatic carbocycles. The third-order valence-electron chi connectivity index (χ3n) is 7.09. The van der Waals surface area contributed by atoms with E-state index in [4.69, 9.17) is 18.9 Å². The topological polar surface area (TPSA) is 131 Å². The molecule has 232 valence electrons. The first-order valence-electron chi connectivity index (χ1n) is 14.2. The average Bonchev–Trinajstić information content (AvgIpc) is 3.34. The fourth-order valence-corrected chi connectivity index (χ4v) is 6.06. The summed E-state index contributed by atoms with van der Waals surface area (Å²) in [7, 11) is 1.57. The van der Waals surface area contributed by atoms with E-state index in [1.807, 2.05) is 19.1 Å². The van der Waals surface area contributed by atoms with Crippen molar-refractivity contribution < 1.29 is 28.7 Å². The molecule has 0 amide bonds. The Kier molecular flexibility index (Phi) is 9.43. The number of para-hydroxylation sites is 1. The largest absolute Gasteiger partial charge is 0.497 e. The smallest absolute Gasteiger partial charge is 0.338 e. The molecule has 1 atom stereocenters. The molecular formula is C33H31N3O8S. The van der Waals surface area contributed by atoms with E-state index in [-0.39, 0.29) is 24.5 Å². The highest BCUT2D eigenvalue weighted by molar-refractivity contribution is 7.07. The van der Waals surface area contributed by atoms with Crippen molar-refractivity contribution in [2.45, 2.75) is 33.4 Å². The number of fused-ring (bicyclic) bond motifs is 1. The molecule has 0 bridgehead atoms. The standard InChI is InChI=1S/C33H31N3O8S/c1-5-42-27-17-21(11-16-26(27)44-19-23-9-7-8-10-25(23)36(39)40)18-28-31(37)35-30(22-12-14-24(41-4)15-13-22)29(32(38)43-6-2)20(3)34-33(35)45-28/h7-18,30H,5-6,19H2,1-4H3/b28-18-/t30-/m0/s1. The monoisotopic (exact) mass is 629 g/mol. The second kappa shape index (κ2) is 13.6. The van der Waals surface area contributed by atoms with Gasteiger partial charge in [-0.2, -0.15) is 0 Å². The minimum absolute atomic E-state index is 0.0251. The molecule has 0 saturated heterocycles. The van der Waals surface area contributed by atoms with E-state index < -0.39 is 16.9 Å². The molecule has 0 aliphatic carbocycles. The number of aromatic nitrogens is 1. The van der Waals surface area contributed by atoms with Crippen LogP contribution in [0.2, 0.25) is 0 Å². The SMILES string of the molecule is CCOC(=O)C1=C(C)N=c2s/c(=C\c3ccc(OCc4ccccc4[N+](=O)[O-])c(OCC)c3)c(=O)n2[C@H]1c1ccc(OC)cc1. The van der Waals surface area contributed by atoms with Gasteiger partial charge in [-0.05, 0) is 68.3 Å². The highest BCUT2D eigenvalue weighted by atomic mass is 32.1. The average molecular weight is 630 g/mol. The quantitative estimate of drug-likeness (QED) is 0.133. The second-order valence-corrected chi connectivity index (χ2v) is 10.9. The van der Waals surface area contributed by atoms with Crippen LogP contribution in [0.3, 0.4) is 0 Å². The van der Waals surface area contributed by atoms with Gasteiger partial charge in [0, 0.05) is 6.07 Å². The minimum atomic E-state index is -0.745. The van der Waals surface area contributed by atoms with Gasteiger partial charge in [-0.3, -0.25) is 19.5 Å². The fourth-order valence-electron chi connectivity index (χ4n) is 5.01. The van der Waals surface area contributed by atoms with Gasteiger partial charge in [0.05, 0.1) is 52.7 Å². The number of ether oxygens (including phenoxy) is 4. The van der Waals surface area contributed by atoms with E-state index in [0.717, 1.165) is 0 Å². The van der Waals surface area contributed by atoms with Crippen LogP contribution in [0.25, 0.3) is 6.08 Å². The van der Waals surface area contributed by atoms with Crippen molar-refractivity contribution in [3.63, 3.8) is 0 Å². The minimum Gasteiger partial charge on any atom is -0.497 e. The van der Waals surface area contributed by atoms with Crippen molar-refractivity contribution >= 4 is 29.1 Å². The van der Waals surface area contributed by atoms with Gasteiger partial charge in [0.1, 0.15) is 12.4 Å². The Hall–Kier alpha value is -5.23. The second-order valence-electron chi connectivity index (χ2n) is 9.89. The molecule has 0 radical (unpaired) electrons. The van der Waals surface area contributed by atoms with Gasteiger partial charge in [0.25, 0.3) is 11.2 Å². The third kappa shape index (κ3) is 6.50. The lowest BCUT2D eigenvalue weighted by Gasteiger charge is -2.24. The summed E-state index contributed by atoms with van der Waals surface area (Å²) in [5.41, 5.74) is 2.23. The number of rotatable bonds is 11. The number of nitro groups is 1. The highest BCUT2D eigenvalue weighted by Gasteiger charge is 2.33. The maximum absolute atomic E-state index is 14.0. The van der Waals surface area contributed by atoms with E-state index in [1.54, 1.807) is 75.6 Å². The zero-order valence-electron chi connectivity index (χ0n) is 25.1. The fraction of sp³-hybridized carbons (Fsp3) is 0.242. The Morgan fingerprint density at radius 3 is 2.49 bits per heavy atom. The summed E-state index contributed by atoms with van der Waals surface area (Å²) >= 11 is 1.21. The van der Waals surface area contributed by atoms with Crippen molar-refractivity contribution in [1.29, 1.82) is 0 Å². The molecule has 1 aliphatic rings. The third-order valence-corrected chi connectivity index (χ3v) is 8.07. The number of methoxy groups -OCH3 is 1. The van der Waals surface area contributed by atoms with Crippen molar-refractivity contribution in [2.24, 2.45) is 4.99 Å². The first kappa shape index (κ1) is 31.2. The van der Waals surface area contributed by atoms with Gasteiger partial charge in [0.2, 0.25) is 0 Å². The number of nitrogens with zero attached hydrogens (tertiary/aromatic N) is 3. The van der Waals surface area contributed by atoms with Crippen LogP contribution < -0.4 is 29.1 Å². The highest BCUT2D eigenvalue weighted by Crippen LogP contribution is 2.33. The van der Waals surface area contributed by atoms with E-state index >= 15 is 0 Å². The Bertz CT molecular complexity index is 1960. The molecule has 2 heterocycles. The summed E-state index contributed by atoms with van der Waals surface area (Å²) in [5.74, 6) is 0.938. The van der Waals surface area contributed by atoms with Crippen LogP contribution >= 0.6 is 11.3 Å². The Labute approximate surface area is 262 Å². The van der Waals surface area contributed by atoms with Crippen LogP contribution in [0, 0.1) is 10.1 Å². The number of nitro benzene ring substituents is 1. The molecule has 1 aliphatic heterocycles. The van der Waals surface area contributed by atoms with Gasteiger partial charge < -0.3 is 18.9 Å². The summed E-state index contributed by atoms with van der Waals surface area (Å²) in [6, 6.07) is 18.0. The first-order chi connectivity index (χ1) is 21.7. The lowest BCUT2D eigenvalue weighted by atomic mass is 9.96.